The number of hydrogen-bond acceptors (Lipinski definition) is 2. The van der Waals surface area contributed by atoms with E-state index in [-0.39, 0.29) is 17.9 Å². The first kappa shape index (κ1) is 22.8. The predicted molar refractivity (Wildman–Crippen MR) is 138 cm³/mol. The van der Waals surface area contributed by atoms with E-state index in [1.54, 1.807) is 0 Å². The molecular weight excluding hydrogens is 406 g/mol. The number of nitrogens with one attached hydrogen (secondary N) is 1. The maximum atomic E-state index is 13.3. The van der Waals surface area contributed by atoms with Gasteiger partial charge < -0.3 is 9.88 Å². The summed E-state index contributed by atoms with van der Waals surface area (Å²) in [5.41, 5.74) is 7.50. The van der Waals surface area contributed by atoms with Crippen molar-refractivity contribution in [1.29, 1.82) is 0 Å². The van der Waals surface area contributed by atoms with Crippen LogP contribution in [0, 0.1) is 0 Å². The van der Waals surface area contributed by atoms with Gasteiger partial charge in [0.15, 0.2) is 0 Å². The highest BCUT2D eigenvalue weighted by molar-refractivity contribution is 5.94. The molecule has 1 N–H and O–H groups in total. The third-order valence-electron chi connectivity index (χ3n) is 6.23. The Bertz CT molecular complexity index is 1250. The Morgan fingerprint density at radius 2 is 1.52 bits per heavy atom. The van der Waals surface area contributed by atoms with Crippen molar-refractivity contribution in [1.82, 2.24) is 9.55 Å². The van der Waals surface area contributed by atoms with E-state index in [1.165, 1.54) is 5.56 Å². The number of rotatable bonds is 6. The van der Waals surface area contributed by atoms with Gasteiger partial charge in [-0.3, -0.25) is 4.79 Å². The van der Waals surface area contributed by atoms with Crippen LogP contribution < -0.4 is 5.32 Å². The number of hydrogen-bond donors (Lipinski definition) is 1. The molecule has 1 heterocycles. The van der Waals surface area contributed by atoms with Gasteiger partial charge in [-0.2, -0.15) is 0 Å². The normalized spacial score (nSPS) is 11.7. The summed E-state index contributed by atoms with van der Waals surface area (Å²) in [6.07, 6.45) is 1.76. The third-order valence-corrected chi connectivity index (χ3v) is 6.23. The lowest BCUT2D eigenvalue weighted by molar-refractivity contribution is -0.116. The van der Waals surface area contributed by atoms with Crippen LogP contribution >= 0.6 is 0 Å². The van der Waals surface area contributed by atoms with Crippen molar-refractivity contribution in [2.45, 2.75) is 59.4 Å². The molecule has 0 unspecified atom stereocenters. The Morgan fingerprint density at radius 3 is 2.12 bits per heavy atom. The lowest BCUT2D eigenvalue weighted by Crippen LogP contribution is -2.21. The van der Waals surface area contributed by atoms with Crippen molar-refractivity contribution in [2.24, 2.45) is 0 Å². The number of imidazole rings is 1. The highest BCUT2D eigenvalue weighted by Crippen LogP contribution is 2.29. The van der Waals surface area contributed by atoms with Crippen molar-refractivity contribution >= 4 is 22.6 Å². The molecule has 4 nitrogen and oxygen atoms in total. The summed E-state index contributed by atoms with van der Waals surface area (Å²) in [6.45, 7) is 11.1. The highest BCUT2D eigenvalue weighted by atomic mass is 16.1. The van der Waals surface area contributed by atoms with E-state index in [2.05, 4.69) is 82.4 Å². The second kappa shape index (κ2) is 9.22. The molecule has 0 aliphatic heterocycles. The molecular formula is C29H33N3O. The number of aryl methyl sites for hydroxylation is 2. The zero-order valence-electron chi connectivity index (χ0n) is 20.3. The van der Waals surface area contributed by atoms with Crippen molar-refractivity contribution in [3.63, 3.8) is 0 Å². The van der Waals surface area contributed by atoms with E-state index in [0.29, 0.717) is 0 Å². The number of amides is 1. The van der Waals surface area contributed by atoms with Crippen LogP contribution in [-0.4, -0.2) is 15.5 Å². The van der Waals surface area contributed by atoms with Gasteiger partial charge in [0.25, 0.3) is 0 Å². The summed E-state index contributed by atoms with van der Waals surface area (Å²) >= 11 is 0. The molecule has 0 atom stereocenters. The second-order valence-electron chi connectivity index (χ2n) is 9.54. The summed E-state index contributed by atoms with van der Waals surface area (Å²) in [5, 5.41) is 3.20. The first-order valence-corrected chi connectivity index (χ1v) is 11.8. The topological polar surface area (TPSA) is 46.9 Å². The SMILES string of the molecule is CCc1cccc(CC)c1NC(=O)Cn1c(-c2ccc(C(C)(C)C)cc2)nc2ccccc21. The van der Waals surface area contributed by atoms with E-state index in [0.717, 1.165) is 52.1 Å². The van der Waals surface area contributed by atoms with Crippen LogP contribution in [0.2, 0.25) is 0 Å². The quantitative estimate of drug-likeness (QED) is 0.361. The van der Waals surface area contributed by atoms with Gasteiger partial charge in [0.2, 0.25) is 5.91 Å². The third kappa shape index (κ3) is 4.70. The number of carbonyl (C=O) groups excluding carboxylic acids is 1. The van der Waals surface area contributed by atoms with Gasteiger partial charge in [0, 0.05) is 11.3 Å². The minimum absolute atomic E-state index is 0.0404. The van der Waals surface area contributed by atoms with E-state index in [4.69, 9.17) is 4.98 Å². The lowest BCUT2D eigenvalue weighted by Gasteiger charge is -2.19. The first-order valence-electron chi connectivity index (χ1n) is 11.8. The monoisotopic (exact) mass is 439 g/mol. The average molecular weight is 440 g/mol. The second-order valence-corrected chi connectivity index (χ2v) is 9.54. The molecule has 33 heavy (non-hydrogen) atoms. The van der Waals surface area contributed by atoms with Gasteiger partial charge in [-0.1, -0.05) is 89.2 Å². The molecule has 0 radical (unpaired) electrons. The molecule has 0 aliphatic rings. The van der Waals surface area contributed by atoms with Crippen LogP contribution in [0.15, 0.2) is 66.7 Å². The first-order chi connectivity index (χ1) is 15.8. The van der Waals surface area contributed by atoms with E-state index >= 15 is 0 Å². The van der Waals surface area contributed by atoms with E-state index in [9.17, 15) is 4.79 Å². The van der Waals surface area contributed by atoms with Gasteiger partial charge in [-0.05, 0) is 47.1 Å². The standard InChI is InChI=1S/C29H33N3O/c1-6-20-11-10-12-21(7-2)27(20)31-26(33)19-32-25-14-9-8-13-24(25)30-28(32)22-15-17-23(18-16-22)29(3,4)5/h8-18H,6-7,19H2,1-5H3,(H,31,33). The molecule has 4 heteroatoms. The Kier molecular flexibility index (Phi) is 6.37. The molecule has 0 saturated heterocycles. The summed E-state index contributed by atoms with van der Waals surface area (Å²) in [4.78, 5) is 18.2. The van der Waals surface area contributed by atoms with Crippen LogP contribution in [0.4, 0.5) is 5.69 Å². The minimum Gasteiger partial charge on any atom is -0.324 e. The highest BCUT2D eigenvalue weighted by Gasteiger charge is 2.18. The molecule has 170 valence electrons. The zero-order valence-corrected chi connectivity index (χ0v) is 20.3. The van der Waals surface area contributed by atoms with Gasteiger partial charge >= 0.3 is 0 Å². The predicted octanol–water partition coefficient (Wildman–Crippen LogP) is 6.76. The Hall–Kier alpha value is -3.40. The maximum absolute atomic E-state index is 13.3. The van der Waals surface area contributed by atoms with Crippen LogP contribution in [0.25, 0.3) is 22.4 Å². The van der Waals surface area contributed by atoms with Crippen LogP contribution in [-0.2, 0) is 29.6 Å². The molecule has 4 rings (SSSR count). The van der Waals surface area contributed by atoms with Crippen molar-refractivity contribution in [3.8, 4) is 11.4 Å². The van der Waals surface area contributed by atoms with Gasteiger partial charge in [-0.25, -0.2) is 4.98 Å². The lowest BCUT2D eigenvalue weighted by atomic mass is 9.87. The Labute approximate surface area is 196 Å². The largest absolute Gasteiger partial charge is 0.324 e. The number of aromatic nitrogens is 2. The van der Waals surface area contributed by atoms with Crippen molar-refractivity contribution in [2.75, 3.05) is 5.32 Å². The summed E-state index contributed by atoms with van der Waals surface area (Å²) in [7, 11) is 0. The van der Waals surface area contributed by atoms with Crippen molar-refractivity contribution in [3.05, 3.63) is 83.4 Å². The smallest absolute Gasteiger partial charge is 0.244 e. The summed E-state index contributed by atoms with van der Waals surface area (Å²) < 4.78 is 2.02. The molecule has 1 aromatic heterocycles. The number of carbonyl (C=O) groups is 1. The van der Waals surface area contributed by atoms with Gasteiger partial charge in [-0.15, -0.1) is 0 Å². The van der Waals surface area contributed by atoms with Crippen LogP contribution in [0.5, 0.6) is 0 Å². The molecule has 0 bridgehead atoms. The zero-order chi connectivity index (χ0) is 23.6. The molecule has 0 aliphatic carbocycles. The fraction of sp³-hybridized carbons (Fsp3) is 0.310. The fourth-order valence-corrected chi connectivity index (χ4v) is 4.30. The van der Waals surface area contributed by atoms with E-state index < -0.39 is 0 Å². The molecule has 1 amide bonds. The molecule has 3 aromatic carbocycles. The number of anilines is 1. The van der Waals surface area contributed by atoms with E-state index in [1.807, 2.05) is 28.8 Å². The Balaban J connectivity index is 1.71. The van der Waals surface area contributed by atoms with Gasteiger partial charge in [0.1, 0.15) is 12.4 Å². The minimum atomic E-state index is -0.0404. The number of benzene rings is 3. The number of fused-ring (bicyclic) bond motifs is 1. The molecule has 4 aromatic rings. The fourth-order valence-electron chi connectivity index (χ4n) is 4.30. The van der Waals surface area contributed by atoms with Crippen LogP contribution in [0.3, 0.4) is 0 Å². The molecule has 0 saturated carbocycles. The number of para-hydroxylation sites is 3. The average Bonchev–Trinajstić information content (AvgIpc) is 3.17. The van der Waals surface area contributed by atoms with Crippen molar-refractivity contribution < 1.29 is 4.79 Å². The Morgan fingerprint density at radius 1 is 0.879 bits per heavy atom. The molecule has 0 spiro atoms. The summed E-state index contributed by atoms with van der Waals surface area (Å²) in [6, 6.07) is 22.8. The summed E-state index contributed by atoms with van der Waals surface area (Å²) in [5.74, 6) is 0.771. The number of nitrogens with zero attached hydrogens (tertiary/aromatic N) is 2. The van der Waals surface area contributed by atoms with Crippen LogP contribution in [0.1, 0.15) is 51.3 Å². The maximum Gasteiger partial charge on any atom is 0.244 e. The van der Waals surface area contributed by atoms with Gasteiger partial charge in [0.05, 0.1) is 11.0 Å². The molecule has 0 fully saturated rings.